The minimum atomic E-state index is -3.46. The topological polar surface area (TPSA) is 115 Å². The Morgan fingerprint density at radius 3 is 2.88 bits per heavy atom. The molecule has 0 amide bonds. The van der Waals surface area contributed by atoms with Crippen molar-refractivity contribution in [2.24, 2.45) is 0 Å². The van der Waals surface area contributed by atoms with Gasteiger partial charge in [-0.05, 0) is 42.3 Å². The number of nitrogens with zero attached hydrogens (tertiary/aromatic N) is 4. The van der Waals surface area contributed by atoms with E-state index in [-0.39, 0.29) is 12.2 Å². The summed E-state index contributed by atoms with van der Waals surface area (Å²) >= 11 is 0. The van der Waals surface area contributed by atoms with Crippen LogP contribution >= 0.6 is 0 Å². The molecule has 0 radical (unpaired) electrons. The average molecular weight is 477 g/mol. The van der Waals surface area contributed by atoms with E-state index in [1.165, 1.54) is 0 Å². The summed E-state index contributed by atoms with van der Waals surface area (Å²) < 4.78 is 34.6. The third kappa shape index (κ3) is 4.78. The van der Waals surface area contributed by atoms with Crippen molar-refractivity contribution in [3.8, 4) is 11.4 Å². The number of ether oxygens (including phenoxy) is 1. The fourth-order valence-electron chi connectivity index (χ4n) is 3.87. The van der Waals surface area contributed by atoms with Gasteiger partial charge < -0.3 is 9.72 Å². The van der Waals surface area contributed by atoms with E-state index in [1.807, 2.05) is 54.7 Å². The molecule has 0 aliphatic carbocycles. The Labute approximate surface area is 196 Å². The van der Waals surface area contributed by atoms with Crippen molar-refractivity contribution in [3.63, 3.8) is 0 Å². The van der Waals surface area contributed by atoms with Gasteiger partial charge in [0.05, 0.1) is 42.2 Å². The number of aromatic nitrogens is 5. The lowest BCUT2D eigenvalue weighted by molar-refractivity contribution is 0.415. The van der Waals surface area contributed by atoms with Gasteiger partial charge in [0.2, 0.25) is 10.0 Å². The highest BCUT2D eigenvalue weighted by atomic mass is 32.2. The van der Waals surface area contributed by atoms with Gasteiger partial charge >= 0.3 is 0 Å². The van der Waals surface area contributed by atoms with E-state index in [2.05, 4.69) is 25.0 Å². The SMILES string of the molecule is COc1ccc2[nH]cc(CCNS(=O)(=O)CCc3cn(-c4cnc5ccccc5c4)nn3)c2c1. The first-order chi connectivity index (χ1) is 16.5. The zero-order valence-electron chi connectivity index (χ0n) is 18.6. The first-order valence-electron chi connectivity index (χ1n) is 10.9. The second-order valence-electron chi connectivity index (χ2n) is 7.98. The molecule has 0 spiro atoms. The Hall–Kier alpha value is -3.76. The first-order valence-corrected chi connectivity index (χ1v) is 12.5. The number of nitrogens with one attached hydrogen (secondary N) is 2. The van der Waals surface area contributed by atoms with Gasteiger partial charge in [0.15, 0.2) is 0 Å². The maximum Gasteiger partial charge on any atom is 0.211 e. The molecule has 174 valence electrons. The summed E-state index contributed by atoms with van der Waals surface area (Å²) in [6, 6.07) is 15.6. The molecule has 3 heterocycles. The Morgan fingerprint density at radius 1 is 1.12 bits per heavy atom. The largest absolute Gasteiger partial charge is 0.497 e. The Balaban J connectivity index is 1.18. The minimum Gasteiger partial charge on any atom is -0.497 e. The zero-order chi connectivity index (χ0) is 23.5. The fourth-order valence-corrected chi connectivity index (χ4v) is 4.90. The van der Waals surface area contributed by atoms with Crippen molar-refractivity contribution in [2.75, 3.05) is 19.4 Å². The molecule has 0 bridgehead atoms. The lowest BCUT2D eigenvalue weighted by Crippen LogP contribution is -2.29. The van der Waals surface area contributed by atoms with Crippen LogP contribution in [0.4, 0.5) is 0 Å². The third-order valence-electron chi connectivity index (χ3n) is 5.70. The van der Waals surface area contributed by atoms with Crippen molar-refractivity contribution in [2.45, 2.75) is 12.8 Å². The van der Waals surface area contributed by atoms with Gasteiger partial charge in [-0.25, -0.2) is 17.8 Å². The lowest BCUT2D eigenvalue weighted by Gasteiger charge is -2.06. The summed E-state index contributed by atoms with van der Waals surface area (Å²) in [6.07, 6.45) is 6.19. The number of H-pyrrole nitrogens is 1. The number of hydrogen-bond donors (Lipinski definition) is 2. The number of rotatable bonds is 9. The van der Waals surface area contributed by atoms with Crippen molar-refractivity contribution in [3.05, 3.63) is 78.4 Å². The fraction of sp³-hybridized carbons (Fsp3) is 0.208. The quantitative estimate of drug-likeness (QED) is 0.338. The van der Waals surface area contributed by atoms with Crippen LogP contribution in [-0.2, 0) is 22.9 Å². The molecular formula is C24H24N6O3S. The molecule has 2 N–H and O–H groups in total. The van der Waals surface area contributed by atoms with Gasteiger partial charge in [-0.3, -0.25) is 4.98 Å². The van der Waals surface area contributed by atoms with Crippen LogP contribution in [0.5, 0.6) is 5.75 Å². The molecule has 34 heavy (non-hydrogen) atoms. The summed E-state index contributed by atoms with van der Waals surface area (Å²) in [5.74, 6) is 0.699. The van der Waals surface area contributed by atoms with Crippen LogP contribution in [0.2, 0.25) is 0 Å². The predicted molar refractivity (Wildman–Crippen MR) is 131 cm³/mol. The van der Waals surface area contributed by atoms with Crippen LogP contribution in [0.15, 0.2) is 67.1 Å². The van der Waals surface area contributed by atoms with Crippen LogP contribution in [-0.4, -0.2) is 52.8 Å². The van der Waals surface area contributed by atoms with E-state index in [0.717, 1.165) is 38.8 Å². The molecule has 9 nitrogen and oxygen atoms in total. The minimum absolute atomic E-state index is 0.0661. The maximum absolute atomic E-state index is 12.5. The lowest BCUT2D eigenvalue weighted by atomic mass is 10.1. The molecule has 0 fully saturated rings. The molecule has 0 unspecified atom stereocenters. The third-order valence-corrected chi connectivity index (χ3v) is 7.08. The second-order valence-corrected chi connectivity index (χ2v) is 9.91. The monoisotopic (exact) mass is 476 g/mol. The van der Waals surface area contributed by atoms with E-state index in [4.69, 9.17) is 4.74 Å². The molecule has 0 saturated heterocycles. The van der Waals surface area contributed by atoms with Crippen molar-refractivity contribution in [1.29, 1.82) is 0 Å². The number of aromatic amines is 1. The van der Waals surface area contributed by atoms with Crippen LogP contribution in [0.3, 0.4) is 0 Å². The summed E-state index contributed by atoms with van der Waals surface area (Å²) in [5, 5.41) is 10.3. The van der Waals surface area contributed by atoms with E-state index < -0.39 is 10.0 Å². The van der Waals surface area contributed by atoms with Crippen molar-refractivity contribution >= 4 is 31.8 Å². The molecule has 5 rings (SSSR count). The summed E-state index contributed by atoms with van der Waals surface area (Å²) in [5.41, 5.74) is 4.29. The molecule has 10 heteroatoms. The smallest absolute Gasteiger partial charge is 0.211 e. The molecule has 0 atom stereocenters. The highest BCUT2D eigenvalue weighted by molar-refractivity contribution is 7.89. The number of sulfonamides is 1. The number of aryl methyl sites for hydroxylation is 1. The van der Waals surface area contributed by atoms with Crippen LogP contribution < -0.4 is 9.46 Å². The number of methoxy groups -OCH3 is 1. The second kappa shape index (κ2) is 9.24. The van der Waals surface area contributed by atoms with E-state index in [1.54, 1.807) is 24.2 Å². The van der Waals surface area contributed by atoms with Crippen LogP contribution in [0.1, 0.15) is 11.3 Å². The van der Waals surface area contributed by atoms with Gasteiger partial charge in [-0.2, -0.15) is 0 Å². The number of pyridine rings is 1. The number of hydrogen-bond acceptors (Lipinski definition) is 6. The van der Waals surface area contributed by atoms with E-state index in [9.17, 15) is 8.42 Å². The summed E-state index contributed by atoms with van der Waals surface area (Å²) in [7, 11) is -1.83. The molecule has 3 aromatic heterocycles. The van der Waals surface area contributed by atoms with Crippen molar-refractivity contribution in [1.82, 2.24) is 29.7 Å². The first kappa shape index (κ1) is 22.1. The van der Waals surface area contributed by atoms with Gasteiger partial charge in [-0.1, -0.05) is 23.4 Å². The summed E-state index contributed by atoms with van der Waals surface area (Å²) in [4.78, 5) is 7.64. The molecular weight excluding hydrogens is 452 g/mol. The van der Waals surface area contributed by atoms with Gasteiger partial charge in [0.1, 0.15) is 5.75 Å². The van der Waals surface area contributed by atoms with Gasteiger partial charge in [-0.15, -0.1) is 5.10 Å². The molecule has 0 saturated carbocycles. The Morgan fingerprint density at radius 2 is 2.00 bits per heavy atom. The molecule has 2 aromatic carbocycles. The average Bonchev–Trinajstić information content (AvgIpc) is 3.49. The number of fused-ring (bicyclic) bond motifs is 2. The Bertz CT molecular complexity index is 1560. The van der Waals surface area contributed by atoms with E-state index >= 15 is 0 Å². The summed E-state index contributed by atoms with van der Waals surface area (Å²) in [6.45, 7) is 0.307. The van der Waals surface area contributed by atoms with Crippen LogP contribution in [0, 0.1) is 0 Å². The highest BCUT2D eigenvalue weighted by Gasteiger charge is 2.13. The molecule has 5 aromatic rings. The maximum atomic E-state index is 12.5. The number of benzene rings is 2. The highest BCUT2D eigenvalue weighted by Crippen LogP contribution is 2.23. The van der Waals surface area contributed by atoms with Gasteiger partial charge in [0.25, 0.3) is 0 Å². The van der Waals surface area contributed by atoms with E-state index in [0.29, 0.717) is 18.7 Å². The van der Waals surface area contributed by atoms with Crippen molar-refractivity contribution < 1.29 is 13.2 Å². The zero-order valence-corrected chi connectivity index (χ0v) is 19.4. The Kier molecular flexibility index (Phi) is 5.99. The number of para-hydroxylation sites is 1. The molecule has 0 aliphatic heterocycles. The van der Waals surface area contributed by atoms with Crippen LogP contribution in [0.25, 0.3) is 27.5 Å². The standard InChI is InChI=1S/C24H24N6O3S/c1-33-21-6-7-24-22(13-21)18(14-25-24)8-10-27-34(31,32)11-9-19-16-30(29-28-19)20-12-17-4-2-3-5-23(17)26-15-20/h2-7,12-16,25,27H,8-11H2,1H3. The predicted octanol–water partition coefficient (Wildman–Crippen LogP) is 3.01. The normalized spacial score (nSPS) is 11.9. The van der Waals surface area contributed by atoms with Gasteiger partial charge in [0, 0.05) is 35.5 Å². The molecule has 0 aliphatic rings.